The summed E-state index contributed by atoms with van der Waals surface area (Å²) in [5, 5.41) is 13.6. The number of aryl methyl sites for hydroxylation is 2. The minimum Gasteiger partial charge on any atom is -0.356 e. The zero-order valence-electron chi connectivity index (χ0n) is 10.9. The molecule has 0 aliphatic heterocycles. The molecule has 1 aromatic rings. The van der Waals surface area contributed by atoms with Crippen molar-refractivity contribution in [3.8, 4) is 6.07 Å². The van der Waals surface area contributed by atoms with Crippen LogP contribution in [0.4, 0.5) is 5.82 Å². The molecule has 1 aliphatic rings. The molecule has 1 heterocycles. The molecule has 0 radical (unpaired) electrons. The molecule has 1 aliphatic carbocycles. The van der Waals surface area contributed by atoms with Crippen molar-refractivity contribution in [2.75, 3.05) is 11.9 Å². The summed E-state index contributed by atoms with van der Waals surface area (Å²) in [7, 11) is 4.01. The van der Waals surface area contributed by atoms with Gasteiger partial charge in [0, 0.05) is 20.1 Å². The zero-order chi connectivity index (χ0) is 12.4. The van der Waals surface area contributed by atoms with Crippen LogP contribution in [0.3, 0.4) is 0 Å². The molecule has 2 rings (SSSR count). The van der Waals surface area contributed by atoms with Crippen molar-refractivity contribution in [2.24, 2.45) is 7.05 Å². The topological polar surface area (TPSA) is 44.9 Å². The highest BCUT2D eigenvalue weighted by Gasteiger charge is 2.24. The average molecular weight is 232 g/mol. The van der Waals surface area contributed by atoms with Crippen LogP contribution in [0.25, 0.3) is 0 Å². The maximum atomic E-state index is 9.23. The Hall–Kier alpha value is -1.50. The lowest BCUT2D eigenvalue weighted by molar-refractivity contribution is 0.423. The van der Waals surface area contributed by atoms with Gasteiger partial charge < -0.3 is 4.90 Å². The first-order valence-corrected chi connectivity index (χ1v) is 6.31. The number of rotatable bonds is 2. The summed E-state index contributed by atoms with van der Waals surface area (Å²) in [6, 6.07) is 2.84. The van der Waals surface area contributed by atoms with Gasteiger partial charge in [-0.1, -0.05) is 19.3 Å². The van der Waals surface area contributed by atoms with Crippen LogP contribution in [-0.4, -0.2) is 22.9 Å². The van der Waals surface area contributed by atoms with Crippen molar-refractivity contribution < 1.29 is 0 Å². The molecule has 0 spiro atoms. The molecule has 0 N–H and O–H groups in total. The van der Waals surface area contributed by atoms with Crippen LogP contribution in [-0.2, 0) is 7.05 Å². The summed E-state index contributed by atoms with van der Waals surface area (Å²) in [6.07, 6.45) is 6.40. The van der Waals surface area contributed by atoms with E-state index in [9.17, 15) is 5.26 Å². The van der Waals surface area contributed by atoms with Gasteiger partial charge in [-0.3, -0.25) is 4.68 Å². The summed E-state index contributed by atoms with van der Waals surface area (Å²) in [4.78, 5) is 2.25. The molecule has 0 amide bonds. The Labute approximate surface area is 103 Å². The van der Waals surface area contributed by atoms with Crippen LogP contribution < -0.4 is 4.90 Å². The first kappa shape index (κ1) is 12.0. The van der Waals surface area contributed by atoms with Crippen molar-refractivity contribution in [3.05, 3.63) is 11.3 Å². The van der Waals surface area contributed by atoms with Gasteiger partial charge in [-0.05, 0) is 19.8 Å². The third-order valence-electron chi connectivity index (χ3n) is 3.76. The van der Waals surface area contributed by atoms with E-state index in [1.807, 2.05) is 18.7 Å². The van der Waals surface area contributed by atoms with Crippen LogP contribution in [0.5, 0.6) is 0 Å². The quantitative estimate of drug-likeness (QED) is 0.786. The van der Waals surface area contributed by atoms with Crippen LogP contribution in [0.1, 0.15) is 43.4 Å². The number of nitriles is 1. The predicted octanol–water partition coefficient (Wildman–Crippen LogP) is 2.37. The molecular weight excluding hydrogens is 212 g/mol. The molecule has 1 fully saturated rings. The lowest BCUT2D eigenvalue weighted by Crippen LogP contribution is -2.35. The highest BCUT2D eigenvalue weighted by atomic mass is 15.4. The minimum atomic E-state index is 0.561. The Morgan fingerprint density at radius 3 is 2.59 bits per heavy atom. The molecule has 0 aromatic carbocycles. The van der Waals surface area contributed by atoms with Crippen LogP contribution >= 0.6 is 0 Å². The molecule has 0 saturated heterocycles. The molecule has 0 unspecified atom stereocenters. The fourth-order valence-corrected chi connectivity index (χ4v) is 2.82. The van der Waals surface area contributed by atoms with E-state index in [-0.39, 0.29) is 0 Å². The smallest absolute Gasteiger partial charge is 0.144 e. The molecule has 0 atom stereocenters. The van der Waals surface area contributed by atoms with Gasteiger partial charge in [-0.25, -0.2) is 0 Å². The molecule has 4 heteroatoms. The molecule has 17 heavy (non-hydrogen) atoms. The second kappa shape index (κ2) is 4.79. The standard InChI is InChI=1S/C13H20N4/c1-10-12(9-14)13(17(3)15-10)16(2)11-7-5-4-6-8-11/h11H,4-8H2,1-3H3. The van der Waals surface area contributed by atoms with Crippen molar-refractivity contribution in [3.63, 3.8) is 0 Å². The van der Waals surface area contributed by atoms with E-state index in [2.05, 4.69) is 23.1 Å². The fraction of sp³-hybridized carbons (Fsp3) is 0.692. The molecule has 1 saturated carbocycles. The maximum Gasteiger partial charge on any atom is 0.144 e. The number of aromatic nitrogens is 2. The van der Waals surface area contributed by atoms with Crippen molar-refractivity contribution >= 4 is 5.82 Å². The van der Waals surface area contributed by atoms with E-state index >= 15 is 0 Å². The predicted molar refractivity (Wildman–Crippen MR) is 67.9 cm³/mol. The summed E-state index contributed by atoms with van der Waals surface area (Å²) in [6.45, 7) is 1.90. The first-order valence-electron chi connectivity index (χ1n) is 6.31. The Morgan fingerprint density at radius 1 is 1.35 bits per heavy atom. The van der Waals surface area contributed by atoms with Crippen molar-refractivity contribution in [1.29, 1.82) is 5.26 Å². The lowest BCUT2D eigenvalue weighted by atomic mass is 9.94. The maximum absolute atomic E-state index is 9.23. The van der Waals surface area contributed by atoms with Gasteiger partial charge in [0.15, 0.2) is 0 Å². The van der Waals surface area contributed by atoms with Gasteiger partial charge in [0.25, 0.3) is 0 Å². The van der Waals surface area contributed by atoms with Crippen molar-refractivity contribution in [2.45, 2.75) is 45.1 Å². The second-order valence-electron chi connectivity index (χ2n) is 4.92. The van der Waals surface area contributed by atoms with Gasteiger partial charge in [-0.15, -0.1) is 0 Å². The van der Waals surface area contributed by atoms with Gasteiger partial charge in [-0.2, -0.15) is 10.4 Å². The first-order chi connectivity index (χ1) is 8.15. The third-order valence-corrected chi connectivity index (χ3v) is 3.76. The highest BCUT2D eigenvalue weighted by Crippen LogP contribution is 2.28. The Balaban J connectivity index is 2.29. The number of nitrogens with zero attached hydrogens (tertiary/aromatic N) is 4. The largest absolute Gasteiger partial charge is 0.356 e. The van der Waals surface area contributed by atoms with Crippen LogP contribution in [0, 0.1) is 18.3 Å². The molecular formula is C13H20N4. The van der Waals surface area contributed by atoms with E-state index in [1.54, 1.807) is 0 Å². The highest BCUT2D eigenvalue weighted by molar-refractivity contribution is 5.57. The van der Waals surface area contributed by atoms with Gasteiger partial charge in [0.05, 0.1) is 5.69 Å². The van der Waals surface area contributed by atoms with E-state index in [4.69, 9.17) is 0 Å². The normalized spacial score (nSPS) is 16.8. The zero-order valence-corrected chi connectivity index (χ0v) is 10.9. The molecule has 1 aromatic heterocycles. The number of hydrogen-bond acceptors (Lipinski definition) is 3. The Morgan fingerprint density at radius 2 is 2.00 bits per heavy atom. The lowest BCUT2D eigenvalue weighted by Gasteiger charge is -2.32. The average Bonchev–Trinajstić information content (AvgIpc) is 2.63. The van der Waals surface area contributed by atoms with E-state index in [1.165, 1.54) is 32.1 Å². The minimum absolute atomic E-state index is 0.561. The second-order valence-corrected chi connectivity index (χ2v) is 4.92. The number of anilines is 1. The van der Waals surface area contributed by atoms with Crippen LogP contribution in [0.15, 0.2) is 0 Å². The van der Waals surface area contributed by atoms with Gasteiger partial charge >= 0.3 is 0 Å². The molecule has 4 nitrogen and oxygen atoms in total. The van der Waals surface area contributed by atoms with Crippen molar-refractivity contribution in [1.82, 2.24) is 9.78 Å². The number of hydrogen-bond donors (Lipinski definition) is 0. The third kappa shape index (κ3) is 2.14. The Bertz CT molecular complexity index is 435. The van der Waals surface area contributed by atoms with E-state index < -0.39 is 0 Å². The Kier molecular flexibility index (Phi) is 3.37. The molecule has 92 valence electrons. The summed E-state index contributed by atoms with van der Waals surface area (Å²) in [5.74, 6) is 0.969. The summed E-state index contributed by atoms with van der Waals surface area (Å²) >= 11 is 0. The van der Waals surface area contributed by atoms with Crippen LogP contribution in [0.2, 0.25) is 0 Å². The summed E-state index contributed by atoms with van der Waals surface area (Å²) < 4.78 is 1.84. The monoisotopic (exact) mass is 232 g/mol. The molecule has 0 bridgehead atoms. The van der Waals surface area contributed by atoms with E-state index in [0.717, 1.165) is 17.1 Å². The summed E-state index contributed by atoms with van der Waals surface area (Å²) in [5.41, 5.74) is 1.55. The SMILES string of the molecule is Cc1nn(C)c(N(C)C2CCCCC2)c1C#N. The van der Waals surface area contributed by atoms with Gasteiger partial charge in [0.1, 0.15) is 17.5 Å². The fourth-order valence-electron chi connectivity index (χ4n) is 2.82. The van der Waals surface area contributed by atoms with Gasteiger partial charge in [0.2, 0.25) is 0 Å². The van der Waals surface area contributed by atoms with E-state index in [0.29, 0.717) is 6.04 Å².